The summed E-state index contributed by atoms with van der Waals surface area (Å²) in [6.45, 7) is 2.20. The molecule has 1 aromatic heterocycles. The summed E-state index contributed by atoms with van der Waals surface area (Å²) in [5.41, 5.74) is 0. The van der Waals surface area contributed by atoms with Crippen molar-refractivity contribution in [2.75, 3.05) is 12.4 Å². The van der Waals surface area contributed by atoms with E-state index in [1.165, 1.54) is 6.42 Å². The maximum absolute atomic E-state index is 12.6. The molecule has 5 nitrogen and oxygen atoms in total. The molecule has 0 aliphatic heterocycles. The Kier molecular flexibility index (Phi) is 5.62. The summed E-state index contributed by atoms with van der Waals surface area (Å²) in [6.07, 6.45) is 6.77. The molecule has 0 saturated heterocycles. The molecule has 0 atom stereocenters. The Morgan fingerprint density at radius 2 is 2.00 bits per heavy atom. The van der Waals surface area contributed by atoms with Crippen molar-refractivity contribution >= 4 is 31.8 Å². The van der Waals surface area contributed by atoms with Gasteiger partial charge in [0, 0.05) is 23.8 Å². The molecule has 21 heavy (non-hydrogen) atoms. The highest BCUT2D eigenvalue weighted by Crippen LogP contribution is 2.28. The first kappa shape index (κ1) is 16.7. The summed E-state index contributed by atoms with van der Waals surface area (Å²) in [5.74, 6) is 1.11. The summed E-state index contributed by atoms with van der Waals surface area (Å²) >= 11 is 3.28. The Morgan fingerprint density at radius 3 is 2.57 bits per heavy atom. The van der Waals surface area contributed by atoms with Gasteiger partial charge in [-0.3, -0.25) is 0 Å². The highest BCUT2D eigenvalue weighted by molar-refractivity contribution is 9.10. The lowest BCUT2D eigenvalue weighted by molar-refractivity contribution is 0.306. The molecular formula is C14H22BrN3O2S. The number of pyridine rings is 1. The maximum Gasteiger partial charge on any atom is 0.244 e. The van der Waals surface area contributed by atoms with Crippen LogP contribution in [0, 0.1) is 5.92 Å². The molecule has 118 valence electrons. The number of hydrogen-bond acceptors (Lipinski definition) is 4. The number of halogens is 1. The maximum atomic E-state index is 12.6. The molecule has 0 amide bonds. The molecule has 0 unspecified atom stereocenters. The van der Waals surface area contributed by atoms with Crippen LogP contribution in [0.15, 0.2) is 21.6 Å². The highest BCUT2D eigenvalue weighted by Gasteiger charge is 2.27. The van der Waals surface area contributed by atoms with Crippen LogP contribution in [0.2, 0.25) is 0 Å². The van der Waals surface area contributed by atoms with Crippen molar-refractivity contribution in [3.63, 3.8) is 0 Å². The normalized spacial score (nSPS) is 23.0. The van der Waals surface area contributed by atoms with Crippen molar-refractivity contribution in [1.82, 2.24) is 9.71 Å². The van der Waals surface area contributed by atoms with Crippen LogP contribution in [0.25, 0.3) is 0 Å². The quantitative estimate of drug-likeness (QED) is 0.828. The minimum absolute atomic E-state index is 0.0292. The van der Waals surface area contributed by atoms with Gasteiger partial charge in [-0.1, -0.05) is 13.3 Å². The fraction of sp³-hybridized carbons (Fsp3) is 0.643. The van der Waals surface area contributed by atoms with E-state index in [2.05, 4.69) is 37.9 Å². The first-order valence-electron chi connectivity index (χ1n) is 7.32. The van der Waals surface area contributed by atoms with Gasteiger partial charge in [-0.25, -0.2) is 18.1 Å². The minimum Gasteiger partial charge on any atom is -0.372 e. The molecule has 1 fully saturated rings. The minimum atomic E-state index is -3.55. The summed E-state index contributed by atoms with van der Waals surface area (Å²) in [4.78, 5) is 4.30. The molecule has 0 radical (unpaired) electrons. The van der Waals surface area contributed by atoms with Crippen molar-refractivity contribution < 1.29 is 8.42 Å². The summed E-state index contributed by atoms with van der Waals surface area (Å²) in [7, 11) is -1.89. The van der Waals surface area contributed by atoms with E-state index in [4.69, 9.17) is 0 Å². The molecule has 1 aliphatic rings. The van der Waals surface area contributed by atoms with Crippen LogP contribution in [-0.4, -0.2) is 26.5 Å². The Labute approximate surface area is 135 Å². The van der Waals surface area contributed by atoms with E-state index in [0.717, 1.165) is 31.6 Å². The van der Waals surface area contributed by atoms with E-state index in [0.29, 0.717) is 10.3 Å². The number of nitrogens with zero attached hydrogens (tertiary/aromatic N) is 1. The zero-order valence-corrected chi connectivity index (χ0v) is 14.8. The van der Waals surface area contributed by atoms with E-state index in [9.17, 15) is 8.42 Å². The zero-order chi connectivity index (χ0) is 15.5. The molecule has 0 aromatic carbocycles. The smallest absolute Gasteiger partial charge is 0.244 e. The number of hydrogen-bond donors (Lipinski definition) is 2. The molecule has 7 heteroatoms. The third kappa shape index (κ3) is 4.17. The van der Waals surface area contributed by atoms with Crippen molar-refractivity contribution in [3.8, 4) is 0 Å². The van der Waals surface area contributed by atoms with E-state index >= 15 is 0 Å². The van der Waals surface area contributed by atoms with Gasteiger partial charge in [-0.2, -0.15) is 0 Å². The van der Waals surface area contributed by atoms with Crippen molar-refractivity contribution in [2.24, 2.45) is 5.92 Å². The van der Waals surface area contributed by atoms with Crippen LogP contribution in [0.5, 0.6) is 0 Å². The van der Waals surface area contributed by atoms with E-state index < -0.39 is 10.0 Å². The predicted octanol–water partition coefficient (Wildman–Crippen LogP) is 3.13. The molecule has 2 rings (SSSR count). The largest absolute Gasteiger partial charge is 0.372 e. The lowest BCUT2D eigenvalue weighted by atomic mass is 9.85. The number of nitrogens with one attached hydrogen (secondary N) is 2. The summed E-state index contributed by atoms with van der Waals surface area (Å²) in [6, 6.07) is 1.61. The number of sulfonamides is 1. The van der Waals surface area contributed by atoms with E-state index in [-0.39, 0.29) is 10.9 Å². The second kappa shape index (κ2) is 7.07. The van der Waals surface area contributed by atoms with Gasteiger partial charge in [0.05, 0.1) is 0 Å². The first-order chi connectivity index (χ1) is 9.96. The summed E-state index contributed by atoms with van der Waals surface area (Å²) < 4.78 is 28.6. The predicted molar refractivity (Wildman–Crippen MR) is 87.8 cm³/mol. The average molecular weight is 376 g/mol. The van der Waals surface area contributed by atoms with E-state index in [1.807, 2.05) is 0 Å². The average Bonchev–Trinajstić information content (AvgIpc) is 2.47. The molecular weight excluding hydrogens is 354 g/mol. The standard InChI is InChI=1S/C14H22BrN3O2S/c1-3-10-4-6-12(7-5-10)18-21(19,20)13-8-11(15)9-17-14(13)16-2/h8-10,12,18H,3-7H2,1-2H3,(H,16,17). The van der Waals surface area contributed by atoms with E-state index in [1.54, 1.807) is 19.3 Å². The topological polar surface area (TPSA) is 71.1 Å². The van der Waals surface area contributed by atoms with Crippen LogP contribution in [0.1, 0.15) is 39.0 Å². The Hall–Kier alpha value is -0.660. The van der Waals surface area contributed by atoms with Gasteiger partial charge < -0.3 is 5.32 Å². The molecule has 1 aliphatic carbocycles. The fourth-order valence-corrected chi connectivity index (χ4v) is 4.76. The second-order valence-electron chi connectivity index (χ2n) is 5.50. The Balaban J connectivity index is 2.14. The van der Waals surface area contributed by atoms with Gasteiger partial charge in [-0.05, 0) is 53.6 Å². The third-order valence-corrected chi connectivity index (χ3v) is 6.06. The molecule has 0 bridgehead atoms. The zero-order valence-electron chi connectivity index (χ0n) is 12.4. The number of rotatable bonds is 5. The van der Waals surface area contributed by atoms with Gasteiger partial charge in [0.1, 0.15) is 10.7 Å². The summed E-state index contributed by atoms with van der Waals surface area (Å²) in [5, 5.41) is 2.83. The molecule has 0 spiro atoms. The number of aromatic nitrogens is 1. The first-order valence-corrected chi connectivity index (χ1v) is 9.59. The van der Waals surface area contributed by atoms with Crippen molar-refractivity contribution in [1.29, 1.82) is 0 Å². The Bertz CT molecular complexity index is 584. The van der Waals surface area contributed by atoms with Crippen LogP contribution in [-0.2, 0) is 10.0 Å². The lowest BCUT2D eigenvalue weighted by Gasteiger charge is -2.28. The van der Waals surface area contributed by atoms with Gasteiger partial charge in [0.25, 0.3) is 0 Å². The Morgan fingerprint density at radius 1 is 1.33 bits per heavy atom. The van der Waals surface area contributed by atoms with Crippen LogP contribution >= 0.6 is 15.9 Å². The van der Waals surface area contributed by atoms with Crippen LogP contribution in [0.4, 0.5) is 5.82 Å². The highest BCUT2D eigenvalue weighted by atomic mass is 79.9. The van der Waals surface area contributed by atoms with Gasteiger partial charge in [0.15, 0.2) is 0 Å². The van der Waals surface area contributed by atoms with Gasteiger partial charge in [0.2, 0.25) is 10.0 Å². The van der Waals surface area contributed by atoms with Crippen LogP contribution in [0.3, 0.4) is 0 Å². The SMILES string of the molecule is CCC1CCC(NS(=O)(=O)c2cc(Br)cnc2NC)CC1. The monoisotopic (exact) mass is 375 g/mol. The van der Waals surface area contributed by atoms with Crippen LogP contribution < -0.4 is 10.0 Å². The number of anilines is 1. The molecule has 1 aromatic rings. The molecule has 1 saturated carbocycles. The third-order valence-electron chi connectivity index (χ3n) is 4.09. The molecule has 2 N–H and O–H groups in total. The van der Waals surface area contributed by atoms with Crippen molar-refractivity contribution in [3.05, 3.63) is 16.7 Å². The fourth-order valence-electron chi connectivity index (χ4n) is 2.78. The molecule has 1 heterocycles. The second-order valence-corrected chi connectivity index (χ2v) is 8.10. The lowest BCUT2D eigenvalue weighted by Crippen LogP contribution is -2.37. The van der Waals surface area contributed by atoms with Gasteiger partial charge in [-0.15, -0.1) is 0 Å². The van der Waals surface area contributed by atoms with Gasteiger partial charge >= 0.3 is 0 Å². The van der Waals surface area contributed by atoms with Crippen molar-refractivity contribution in [2.45, 2.75) is 50.0 Å².